The van der Waals surface area contributed by atoms with Crippen LogP contribution in [0.4, 0.5) is 4.39 Å². The summed E-state index contributed by atoms with van der Waals surface area (Å²) in [7, 11) is 0. The number of benzene rings is 2. The minimum absolute atomic E-state index is 0.0101. The molecular formula is C36H46FN5O4. The average molecular weight is 632 g/mol. The number of hydrogen-bond donors (Lipinski definition) is 3. The van der Waals surface area contributed by atoms with Crippen molar-refractivity contribution in [3.05, 3.63) is 71.1 Å². The van der Waals surface area contributed by atoms with Gasteiger partial charge in [0.2, 0.25) is 5.91 Å². The zero-order chi connectivity index (χ0) is 32.8. The van der Waals surface area contributed by atoms with E-state index in [-0.39, 0.29) is 35.7 Å². The lowest BCUT2D eigenvalue weighted by Crippen LogP contribution is -2.53. The highest BCUT2D eigenvalue weighted by molar-refractivity contribution is 6.10. The lowest BCUT2D eigenvalue weighted by molar-refractivity contribution is -0.128. The van der Waals surface area contributed by atoms with Crippen LogP contribution in [0.5, 0.6) is 11.5 Å². The fourth-order valence-corrected chi connectivity index (χ4v) is 6.50. The number of likely N-dealkylation sites (tertiary alicyclic amines) is 2. The van der Waals surface area contributed by atoms with Crippen LogP contribution in [0, 0.1) is 22.6 Å². The number of nitrogens with zero attached hydrogens (tertiary/aromatic N) is 2. The predicted octanol–water partition coefficient (Wildman–Crippen LogP) is 6.10. The zero-order valence-electron chi connectivity index (χ0n) is 27.1. The summed E-state index contributed by atoms with van der Waals surface area (Å²) in [5.41, 5.74) is 1.75. The smallest absolute Gasteiger partial charge is 0.254 e. The number of amides is 2. The van der Waals surface area contributed by atoms with Gasteiger partial charge in [-0.1, -0.05) is 13.8 Å². The summed E-state index contributed by atoms with van der Waals surface area (Å²) in [6.45, 7) is 9.27. The fraction of sp³-hybridized carbons (Fsp3) is 0.500. The molecule has 3 fully saturated rings. The maximum Gasteiger partial charge on any atom is 0.254 e. The Morgan fingerprint density at radius 2 is 1.85 bits per heavy atom. The van der Waals surface area contributed by atoms with Crippen LogP contribution in [0.2, 0.25) is 0 Å². The number of ether oxygens (including phenoxy) is 2. The quantitative estimate of drug-likeness (QED) is 0.259. The molecule has 3 N–H and O–H groups in total. The second kappa shape index (κ2) is 15.1. The normalized spacial score (nSPS) is 21.2. The van der Waals surface area contributed by atoms with E-state index in [0.717, 1.165) is 51.9 Å². The predicted molar refractivity (Wildman–Crippen MR) is 177 cm³/mol. The van der Waals surface area contributed by atoms with Crippen LogP contribution in [0.15, 0.2) is 48.6 Å². The first-order valence-electron chi connectivity index (χ1n) is 16.5. The van der Waals surface area contributed by atoms with Gasteiger partial charge in [0.05, 0.1) is 11.3 Å². The maximum absolute atomic E-state index is 15.6. The molecule has 246 valence electrons. The van der Waals surface area contributed by atoms with E-state index in [2.05, 4.69) is 17.1 Å². The molecular weight excluding hydrogens is 585 g/mol. The molecule has 2 atom stereocenters. The van der Waals surface area contributed by atoms with Gasteiger partial charge in [-0.3, -0.25) is 14.5 Å². The summed E-state index contributed by atoms with van der Waals surface area (Å²) in [4.78, 5) is 30.1. The molecule has 0 spiro atoms. The molecule has 2 aromatic rings. The molecule has 3 heterocycles. The molecule has 2 unspecified atom stereocenters. The van der Waals surface area contributed by atoms with Crippen LogP contribution in [0.25, 0.3) is 0 Å². The van der Waals surface area contributed by atoms with Crippen LogP contribution in [0.3, 0.4) is 0 Å². The zero-order valence-corrected chi connectivity index (χ0v) is 27.1. The molecule has 46 heavy (non-hydrogen) atoms. The van der Waals surface area contributed by atoms with Crippen molar-refractivity contribution in [1.82, 2.24) is 15.1 Å². The van der Waals surface area contributed by atoms with Crippen LogP contribution in [-0.4, -0.2) is 77.5 Å². The number of carbonyl (C=O) groups excluding carboxylic acids is 2. The first-order chi connectivity index (χ1) is 22.1. The molecule has 0 bridgehead atoms. The van der Waals surface area contributed by atoms with Gasteiger partial charge >= 0.3 is 0 Å². The van der Waals surface area contributed by atoms with E-state index in [1.54, 1.807) is 41.3 Å². The lowest BCUT2D eigenvalue weighted by atomic mass is 9.94. The molecule has 9 nitrogen and oxygen atoms in total. The monoisotopic (exact) mass is 631 g/mol. The van der Waals surface area contributed by atoms with E-state index >= 15 is 4.39 Å². The summed E-state index contributed by atoms with van der Waals surface area (Å²) < 4.78 is 27.3. The molecule has 0 aliphatic carbocycles. The Morgan fingerprint density at radius 1 is 1.11 bits per heavy atom. The van der Waals surface area contributed by atoms with Crippen LogP contribution in [-0.2, 0) is 16.1 Å². The summed E-state index contributed by atoms with van der Waals surface area (Å²) >= 11 is 0. The van der Waals surface area contributed by atoms with E-state index in [4.69, 9.17) is 20.3 Å². The van der Waals surface area contributed by atoms with Gasteiger partial charge in [-0.15, -0.1) is 0 Å². The molecule has 0 aromatic heterocycles. The van der Waals surface area contributed by atoms with Crippen molar-refractivity contribution < 1.29 is 23.5 Å². The highest BCUT2D eigenvalue weighted by atomic mass is 19.1. The van der Waals surface area contributed by atoms with Gasteiger partial charge in [-0.25, -0.2) is 4.39 Å². The Labute approximate surface area is 271 Å². The SMILES string of the molecule is CC(C)C(=N)/C=C\C(=N)c1ccc(Oc2cc(C(=O)NC3CCN(C4CCOCC4)C(C)C3)c(F)cc2CN2CCCC2=O)cc1. The Balaban J connectivity index is 1.31. The Morgan fingerprint density at radius 3 is 2.50 bits per heavy atom. The van der Waals surface area contributed by atoms with E-state index in [1.807, 2.05) is 13.8 Å². The number of nitrogens with one attached hydrogen (secondary N) is 3. The Hall–Kier alpha value is -3.89. The number of halogens is 1. The van der Waals surface area contributed by atoms with Gasteiger partial charge in [0.25, 0.3) is 5.91 Å². The van der Waals surface area contributed by atoms with E-state index in [1.165, 1.54) is 12.1 Å². The maximum atomic E-state index is 15.6. The molecule has 3 aliphatic rings. The molecule has 0 radical (unpaired) electrons. The fourth-order valence-electron chi connectivity index (χ4n) is 6.50. The van der Waals surface area contributed by atoms with Crippen molar-refractivity contribution in [1.29, 1.82) is 10.8 Å². The third-order valence-electron chi connectivity index (χ3n) is 9.29. The van der Waals surface area contributed by atoms with Crippen LogP contribution >= 0.6 is 0 Å². The number of hydrogen-bond acceptors (Lipinski definition) is 7. The van der Waals surface area contributed by atoms with Gasteiger partial charge in [0.15, 0.2) is 0 Å². The molecule has 2 amide bonds. The van der Waals surface area contributed by atoms with Crippen molar-refractivity contribution in [2.75, 3.05) is 26.3 Å². The summed E-state index contributed by atoms with van der Waals surface area (Å²) in [6, 6.07) is 10.4. The first kappa shape index (κ1) is 33.5. The number of carbonyl (C=O) groups is 2. The minimum Gasteiger partial charge on any atom is -0.457 e. The molecule has 0 saturated carbocycles. The second-order valence-corrected chi connectivity index (χ2v) is 13.0. The summed E-state index contributed by atoms with van der Waals surface area (Å²) in [5.74, 6) is -0.284. The van der Waals surface area contributed by atoms with Crippen LogP contribution < -0.4 is 10.1 Å². The first-order valence-corrected chi connectivity index (χ1v) is 16.5. The van der Waals surface area contributed by atoms with E-state index < -0.39 is 11.7 Å². The topological polar surface area (TPSA) is 119 Å². The largest absolute Gasteiger partial charge is 0.457 e. The van der Waals surface area contributed by atoms with Crippen molar-refractivity contribution >= 4 is 23.2 Å². The van der Waals surface area contributed by atoms with Gasteiger partial charge in [-0.2, -0.15) is 0 Å². The molecule has 5 rings (SSSR count). The van der Waals surface area contributed by atoms with Crippen LogP contribution in [0.1, 0.15) is 80.8 Å². The standard InChI is InChI=1S/C36H46FN5O4/c1-23(2)32(38)10-11-33(39)25-6-8-29(9-7-25)46-34-21-30(31(37)20-26(34)22-41-15-4-5-35(41)43)36(44)40-27-12-16-42(24(3)19-27)28-13-17-45-18-14-28/h6-11,20-21,23-24,27-28,38-39H,4-5,12-19,22H2,1-3H3,(H,40,44)/b11-10-,38-32?,39-33?. The Bertz CT molecular complexity index is 1470. The molecule has 3 saturated heterocycles. The number of allylic oxidation sites excluding steroid dienone is 2. The van der Waals surface area contributed by atoms with Crippen molar-refractivity contribution in [3.63, 3.8) is 0 Å². The van der Waals surface area contributed by atoms with Gasteiger partial charge in [-0.05, 0) is 99.1 Å². The highest BCUT2D eigenvalue weighted by Crippen LogP contribution is 2.32. The number of rotatable bonds is 11. The van der Waals surface area contributed by atoms with Crippen molar-refractivity contribution in [2.45, 2.75) is 84.0 Å². The Kier molecular flexibility index (Phi) is 11.0. The average Bonchev–Trinajstić information content (AvgIpc) is 3.45. The second-order valence-electron chi connectivity index (χ2n) is 13.0. The van der Waals surface area contributed by atoms with E-state index in [0.29, 0.717) is 53.4 Å². The van der Waals surface area contributed by atoms with Gasteiger partial charge in [0.1, 0.15) is 17.3 Å². The third-order valence-corrected chi connectivity index (χ3v) is 9.29. The molecule has 3 aliphatic heterocycles. The van der Waals surface area contributed by atoms with Crippen molar-refractivity contribution in [3.8, 4) is 11.5 Å². The van der Waals surface area contributed by atoms with Crippen molar-refractivity contribution in [2.24, 2.45) is 5.92 Å². The summed E-state index contributed by atoms with van der Waals surface area (Å²) in [5, 5.41) is 19.4. The third kappa shape index (κ3) is 8.27. The summed E-state index contributed by atoms with van der Waals surface area (Å²) in [6.07, 6.45) is 8.08. The molecule has 10 heteroatoms. The molecule has 2 aromatic carbocycles. The van der Waals surface area contributed by atoms with Gasteiger partial charge < -0.3 is 30.5 Å². The number of piperidine rings is 1. The highest BCUT2D eigenvalue weighted by Gasteiger charge is 2.32. The van der Waals surface area contributed by atoms with Gasteiger partial charge in [0, 0.05) is 68.7 Å². The minimum atomic E-state index is -0.651. The van der Waals surface area contributed by atoms with E-state index in [9.17, 15) is 9.59 Å². The lowest BCUT2D eigenvalue weighted by Gasteiger charge is -2.43.